The average Bonchev–Trinajstić information content (AvgIpc) is 2.08. The highest BCUT2D eigenvalue weighted by Gasteiger charge is 2.32. The maximum atomic E-state index is 10.5. The Labute approximate surface area is 74.1 Å². The van der Waals surface area contributed by atoms with Crippen LogP contribution in [0.2, 0.25) is 0 Å². The predicted molar refractivity (Wildman–Crippen MR) is 41.8 cm³/mol. The number of hydrogen-bond acceptors (Lipinski definition) is 4. The van der Waals surface area contributed by atoms with Crippen LogP contribution in [0.5, 0.6) is 5.75 Å². The average molecular weight is 185 g/mol. The minimum atomic E-state index is -0.703. The second-order valence-electron chi connectivity index (χ2n) is 2.44. The highest BCUT2D eigenvalue weighted by molar-refractivity contribution is 5.34. The van der Waals surface area contributed by atoms with Gasteiger partial charge in [-0.05, 0) is 0 Å². The minimum absolute atomic E-state index is 0.0260. The molecular formula is C7H9N2O4+. The lowest BCUT2D eigenvalue weighted by atomic mass is 10.3. The molecule has 0 amide bonds. The van der Waals surface area contributed by atoms with Crippen LogP contribution in [0.25, 0.3) is 0 Å². The first-order valence-corrected chi connectivity index (χ1v) is 3.51. The molecule has 13 heavy (non-hydrogen) atoms. The molecule has 1 rings (SSSR count). The van der Waals surface area contributed by atoms with Gasteiger partial charge in [-0.2, -0.15) is 0 Å². The molecule has 70 valence electrons. The van der Waals surface area contributed by atoms with Gasteiger partial charge in [0.1, 0.15) is 4.92 Å². The van der Waals surface area contributed by atoms with Crippen LogP contribution in [0.3, 0.4) is 0 Å². The molecule has 0 radical (unpaired) electrons. The molecule has 0 aliphatic carbocycles. The summed E-state index contributed by atoms with van der Waals surface area (Å²) in [5, 5.41) is 19.8. The molecule has 1 heterocycles. The van der Waals surface area contributed by atoms with Crippen LogP contribution < -0.4 is 9.47 Å². The summed E-state index contributed by atoms with van der Waals surface area (Å²) in [7, 11) is 1.30. The molecule has 6 heteroatoms. The molecule has 6 nitrogen and oxygen atoms in total. The molecule has 1 aromatic rings. The van der Waals surface area contributed by atoms with Crippen molar-refractivity contribution in [2.75, 3.05) is 7.11 Å². The van der Waals surface area contributed by atoms with Crippen LogP contribution in [0.15, 0.2) is 12.1 Å². The third-order valence-electron chi connectivity index (χ3n) is 1.62. The summed E-state index contributed by atoms with van der Waals surface area (Å²) in [5.41, 5.74) is 0.368. The number of methoxy groups -OCH3 is 1. The maximum absolute atomic E-state index is 10.5. The van der Waals surface area contributed by atoms with Crippen molar-refractivity contribution in [3.05, 3.63) is 27.9 Å². The Morgan fingerprint density at radius 2 is 2.23 bits per heavy atom. The van der Waals surface area contributed by atoms with Gasteiger partial charge in [0.15, 0.2) is 0 Å². The van der Waals surface area contributed by atoms with Crippen molar-refractivity contribution in [1.82, 2.24) is 0 Å². The van der Waals surface area contributed by atoms with Gasteiger partial charge < -0.3 is 4.74 Å². The van der Waals surface area contributed by atoms with Gasteiger partial charge in [-0.15, -0.1) is 0 Å². The number of aromatic nitrogens is 1. The van der Waals surface area contributed by atoms with Crippen molar-refractivity contribution in [2.45, 2.75) is 6.92 Å². The van der Waals surface area contributed by atoms with Gasteiger partial charge in [0, 0.05) is 19.1 Å². The van der Waals surface area contributed by atoms with E-state index in [9.17, 15) is 15.3 Å². The van der Waals surface area contributed by atoms with Gasteiger partial charge in [-0.25, -0.2) is 0 Å². The molecule has 0 spiro atoms. The Morgan fingerprint density at radius 3 is 2.69 bits per heavy atom. The molecule has 0 aromatic carbocycles. The largest absolute Gasteiger partial charge is 0.591 e. The third kappa shape index (κ3) is 1.51. The fraction of sp³-hybridized carbons (Fsp3) is 0.286. The molecular weight excluding hydrogens is 176 g/mol. The second-order valence-corrected chi connectivity index (χ2v) is 2.44. The summed E-state index contributed by atoms with van der Waals surface area (Å²) in [6, 6.07) is 2.95. The topological polar surface area (TPSA) is 76.5 Å². The Kier molecular flexibility index (Phi) is 2.32. The van der Waals surface area contributed by atoms with E-state index in [1.165, 1.54) is 19.2 Å². The van der Waals surface area contributed by atoms with Gasteiger partial charge >= 0.3 is 5.82 Å². The zero-order valence-electron chi connectivity index (χ0n) is 7.22. The van der Waals surface area contributed by atoms with E-state index >= 15 is 0 Å². The predicted octanol–water partition coefficient (Wildman–Crippen LogP) is 0.437. The lowest BCUT2D eigenvalue weighted by Crippen LogP contribution is -2.36. The molecule has 1 N–H and O–H groups in total. The fourth-order valence-corrected chi connectivity index (χ4v) is 0.939. The number of pyridine rings is 1. The summed E-state index contributed by atoms with van der Waals surface area (Å²) in [4.78, 5) is 9.80. The quantitative estimate of drug-likeness (QED) is 0.314. The maximum Gasteiger partial charge on any atom is 0.591 e. The molecule has 0 saturated heterocycles. The first-order valence-electron chi connectivity index (χ1n) is 3.51. The first-order chi connectivity index (χ1) is 6.07. The number of aryl methyl sites for hydroxylation is 1. The van der Waals surface area contributed by atoms with Gasteiger partial charge in [0.25, 0.3) is 5.75 Å². The van der Waals surface area contributed by atoms with Crippen LogP contribution in [0, 0.1) is 17.0 Å². The number of ether oxygens (including phenoxy) is 1. The van der Waals surface area contributed by atoms with E-state index in [4.69, 9.17) is 4.74 Å². The number of nitro groups is 1. The molecule has 0 saturated carbocycles. The fourth-order valence-electron chi connectivity index (χ4n) is 0.939. The standard InChI is InChI=1S/C7H9N2O4/c1-5-3-4-6(13-2)7(8(5)10)9(11)12/h3-4,10H,1-2H3/q+1. The Bertz CT molecular complexity index is 351. The van der Waals surface area contributed by atoms with E-state index in [2.05, 4.69) is 0 Å². The van der Waals surface area contributed by atoms with E-state index in [0.717, 1.165) is 0 Å². The minimum Gasteiger partial charge on any atom is -0.485 e. The number of hydrogen-bond donors (Lipinski definition) is 1. The second kappa shape index (κ2) is 3.26. The zero-order chi connectivity index (χ0) is 10.0. The monoisotopic (exact) mass is 185 g/mol. The van der Waals surface area contributed by atoms with E-state index < -0.39 is 10.7 Å². The van der Waals surface area contributed by atoms with E-state index in [1.54, 1.807) is 6.92 Å². The van der Waals surface area contributed by atoms with Crippen molar-refractivity contribution >= 4 is 5.82 Å². The number of nitrogens with zero attached hydrogens (tertiary/aromatic N) is 2. The van der Waals surface area contributed by atoms with E-state index in [0.29, 0.717) is 10.4 Å². The molecule has 0 aliphatic rings. The Morgan fingerprint density at radius 1 is 1.62 bits per heavy atom. The van der Waals surface area contributed by atoms with Crippen molar-refractivity contribution in [3.63, 3.8) is 0 Å². The molecule has 0 aliphatic heterocycles. The van der Waals surface area contributed by atoms with E-state index in [1.807, 2.05) is 0 Å². The van der Waals surface area contributed by atoms with Crippen LogP contribution in [0.1, 0.15) is 5.69 Å². The van der Waals surface area contributed by atoms with Crippen LogP contribution in [-0.4, -0.2) is 17.2 Å². The van der Waals surface area contributed by atoms with Crippen molar-refractivity contribution in [3.8, 4) is 5.75 Å². The molecule has 1 aromatic heterocycles. The Balaban J connectivity index is 3.41. The summed E-state index contributed by atoms with van der Waals surface area (Å²) in [5.74, 6) is -0.444. The first kappa shape index (κ1) is 9.24. The van der Waals surface area contributed by atoms with Crippen molar-refractivity contribution < 1.29 is 19.6 Å². The molecule has 0 unspecified atom stereocenters. The van der Waals surface area contributed by atoms with Crippen molar-refractivity contribution in [1.29, 1.82) is 0 Å². The SMILES string of the molecule is COc1ccc(C)[n+](O)c1[N+](=O)[O-]. The lowest BCUT2D eigenvalue weighted by molar-refractivity contribution is -0.924. The number of rotatable bonds is 2. The van der Waals surface area contributed by atoms with Gasteiger partial charge in [0.2, 0.25) is 5.69 Å². The smallest absolute Gasteiger partial charge is 0.485 e. The van der Waals surface area contributed by atoms with E-state index in [-0.39, 0.29) is 5.75 Å². The molecule has 0 fully saturated rings. The third-order valence-corrected chi connectivity index (χ3v) is 1.62. The van der Waals surface area contributed by atoms with Crippen LogP contribution in [-0.2, 0) is 0 Å². The molecule has 0 atom stereocenters. The zero-order valence-corrected chi connectivity index (χ0v) is 7.22. The highest BCUT2D eigenvalue weighted by Crippen LogP contribution is 2.21. The summed E-state index contributed by atoms with van der Waals surface area (Å²) < 4.78 is 5.20. The van der Waals surface area contributed by atoms with Gasteiger partial charge in [0.05, 0.1) is 11.8 Å². The van der Waals surface area contributed by atoms with Crippen molar-refractivity contribution in [2.24, 2.45) is 0 Å². The normalized spacial score (nSPS) is 9.69. The summed E-state index contributed by atoms with van der Waals surface area (Å²) >= 11 is 0. The lowest BCUT2D eigenvalue weighted by Gasteiger charge is -1.97. The Hall–Kier alpha value is -1.85. The summed E-state index contributed by atoms with van der Waals surface area (Å²) in [6.07, 6.45) is 0. The van der Waals surface area contributed by atoms with Gasteiger partial charge in [-0.3, -0.25) is 15.3 Å². The summed E-state index contributed by atoms with van der Waals surface area (Å²) in [6.45, 7) is 1.55. The van der Waals surface area contributed by atoms with Gasteiger partial charge in [-0.1, -0.05) is 0 Å². The highest BCUT2D eigenvalue weighted by atomic mass is 16.6. The molecule has 0 bridgehead atoms. The van der Waals surface area contributed by atoms with Crippen LogP contribution in [0.4, 0.5) is 5.82 Å². The van der Waals surface area contributed by atoms with Crippen LogP contribution >= 0.6 is 0 Å².